The van der Waals surface area contributed by atoms with Gasteiger partial charge in [-0.25, -0.2) is 9.78 Å². The van der Waals surface area contributed by atoms with Crippen molar-refractivity contribution in [1.29, 1.82) is 0 Å². The summed E-state index contributed by atoms with van der Waals surface area (Å²) in [4.78, 5) is 26.9. The molecule has 22 heavy (non-hydrogen) atoms. The number of methoxy groups -OCH3 is 1. The van der Waals surface area contributed by atoms with Crippen molar-refractivity contribution in [3.05, 3.63) is 23.9 Å². The number of aliphatic carboxylic acids is 1. The minimum Gasteiger partial charge on any atom is -0.480 e. The van der Waals surface area contributed by atoms with Gasteiger partial charge < -0.3 is 24.6 Å². The monoisotopic (exact) mass is 310 g/mol. The highest BCUT2D eigenvalue weighted by atomic mass is 16.5. The molecule has 0 spiro atoms. The van der Waals surface area contributed by atoms with Gasteiger partial charge >= 0.3 is 5.97 Å². The Morgan fingerprint density at radius 1 is 1.55 bits per heavy atom. The Bertz CT molecular complexity index is 536. The number of hydrogen-bond acceptors (Lipinski definition) is 6. The minimum absolute atomic E-state index is 0.222. The van der Waals surface area contributed by atoms with Crippen molar-refractivity contribution in [1.82, 2.24) is 10.3 Å². The lowest BCUT2D eigenvalue weighted by Crippen LogP contribution is -2.51. The summed E-state index contributed by atoms with van der Waals surface area (Å²) in [6.07, 6.45) is 1.64. The fourth-order valence-corrected chi connectivity index (χ4v) is 2.20. The maximum absolute atomic E-state index is 12.3. The highest BCUT2D eigenvalue weighted by molar-refractivity contribution is 5.96. The molecule has 0 aromatic carbocycles. The van der Waals surface area contributed by atoms with Crippen LogP contribution < -0.4 is 10.1 Å². The Hall–Kier alpha value is -2.19. The smallest absolute Gasteiger partial charge is 0.329 e. The van der Waals surface area contributed by atoms with Crippen LogP contribution in [0.15, 0.2) is 18.3 Å². The number of hydrogen-bond donors (Lipinski definition) is 2. The van der Waals surface area contributed by atoms with Crippen LogP contribution in [0.25, 0.3) is 0 Å². The van der Waals surface area contributed by atoms with Gasteiger partial charge in [-0.15, -0.1) is 0 Å². The number of pyridine rings is 1. The summed E-state index contributed by atoms with van der Waals surface area (Å²) >= 11 is 0. The van der Waals surface area contributed by atoms with Gasteiger partial charge in [0.2, 0.25) is 5.88 Å². The highest BCUT2D eigenvalue weighted by Crippen LogP contribution is 2.16. The normalized spacial score (nSPS) is 21.1. The first kappa shape index (κ1) is 16.2. The zero-order chi connectivity index (χ0) is 15.9. The number of aromatic nitrogens is 1. The molecule has 8 nitrogen and oxygen atoms in total. The molecule has 1 aliphatic rings. The van der Waals surface area contributed by atoms with Gasteiger partial charge in [-0.3, -0.25) is 4.79 Å². The van der Waals surface area contributed by atoms with Gasteiger partial charge in [0.05, 0.1) is 25.9 Å². The van der Waals surface area contributed by atoms with Gasteiger partial charge in [0.1, 0.15) is 12.2 Å². The third-order valence-corrected chi connectivity index (χ3v) is 3.24. The number of carbonyl (C=O) groups is 2. The van der Waals surface area contributed by atoms with Crippen molar-refractivity contribution < 1.29 is 28.9 Å². The second kappa shape index (κ2) is 7.71. The van der Waals surface area contributed by atoms with Gasteiger partial charge in [-0.1, -0.05) is 0 Å². The SMILES string of the molecule is COc1ncccc1C(=O)N[C@@H]1COCC[C@@H]1OCC(=O)O. The van der Waals surface area contributed by atoms with Crippen molar-refractivity contribution in [2.75, 3.05) is 26.9 Å². The van der Waals surface area contributed by atoms with Gasteiger partial charge in [0, 0.05) is 12.8 Å². The van der Waals surface area contributed by atoms with E-state index in [1.54, 1.807) is 12.1 Å². The highest BCUT2D eigenvalue weighted by Gasteiger charge is 2.29. The third kappa shape index (κ3) is 4.15. The molecule has 0 bridgehead atoms. The van der Waals surface area contributed by atoms with Crippen LogP contribution >= 0.6 is 0 Å². The van der Waals surface area contributed by atoms with E-state index in [1.807, 2.05) is 0 Å². The van der Waals surface area contributed by atoms with Crippen molar-refractivity contribution >= 4 is 11.9 Å². The molecule has 120 valence electrons. The van der Waals surface area contributed by atoms with Crippen molar-refractivity contribution in [2.24, 2.45) is 0 Å². The van der Waals surface area contributed by atoms with Crippen LogP contribution in [-0.4, -0.2) is 61.0 Å². The summed E-state index contributed by atoms with van der Waals surface area (Å²) in [5, 5.41) is 11.5. The molecule has 2 atom stereocenters. The minimum atomic E-state index is -1.05. The molecular formula is C14H18N2O6. The molecule has 1 fully saturated rings. The van der Waals surface area contributed by atoms with Gasteiger partial charge in [0.15, 0.2) is 0 Å². The second-order valence-corrected chi connectivity index (χ2v) is 4.75. The standard InChI is InChI=1S/C14H18N2O6/c1-20-14-9(3-2-5-15-14)13(19)16-10-7-21-6-4-11(10)22-8-12(17)18/h2-3,5,10-11H,4,6-8H2,1H3,(H,16,19)(H,17,18)/t10-,11+/m1/s1. The number of amides is 1. The molecule has 2 N–H and O–H groups in total. The van der Waals surface area contributed by atoms with Crippen LogP contribution in [-0.2, 0) is 14.3 Å². The Morgan fingerprint density at radius 3 is 3.09 bits per heavy atom. The Morgan fingerprint density at radius 2 is 2.36 bits per heavy atom. The summed E-state index contributed by atoms with van der Waals surface area (Å²) in [7, 11) is 1.43. The summed E-state index contributed by atoms with van der Waals surface area (Å²) in [6.45, 7) is 0.318. The lowest BCUT2D eigenvalue weighted by molar-refractivity contribution is -0.147. The van der Waals surface area contributed by atoms with Crippen LogP contribution in [0.3, 0.4) is 0 Å². The molecule has 1 aromatic heterocycles. The van der Waals surface area contributed by atoms with E-state index in [-0.39, 0.29) is 18.4 Å². The van der Waals surface area contributed by atoms with E-state index >= 15 is 0 Å². The summed E-state index contributed by atoms with van der Waals surface area (Å²) in [5.74, 6) is -1.20. The average Bonchev–Trinajstić information content (AvgIpc) is 2.53. The number of nitrogens with one attached hydrogen (secondary N) is 1. The van der Waals surface area contributed by atoms with Crippen molar-refractivity contribution in [3.63, 3.8) is 0 Å². The number of carboxylic acids is 1. The first-order valence-electron chi connectivity index (χ1n) is 6.83. The van der Waals surface area contributed by atoms with Crippen LogP contribution in [0.4, 0.5) is 0 Å². The topological polar surface area (TPSA) is 107 Å². The van der Waals surface area contributed by atoms with Crippen LogP contribution in [0.1, 0.15) is 16.8 Å². The molecule has 1 aromatic rings. The van der Waals surface area contributed by atoms with Gasteiger partial charge in [-0.05, 0) is 18.6 Å². The molecule has 0 unspecified atom stereocenters. The number of rotatable bonds is 6. The quantitative estimate of drug-likeness (QED) is 0.766. The zero-order valence-electron chi connectivity index (χ0n) is 12.2. The Kier molecular flexibility index (Phi) is 5.68. The molecule has 1 aliphatic heterocycles. The fraction of sp³-hybridized carbons (Fsp3) is 0.500. The first-order valence-corrected chi connectivity index (χ1v) is 6.83. The lowest BCUT2D eigenvalue weighted by Gasteiger charge is -2.31. The predicted octanol–water partition coefficient (Wildman–Crippen LogP) is 0.0787. The molecule has 2 heterocycles. The van der Waals surface area contributed by atoms with E-state index in [1.165, 1.54) is 13.3 Å². The molecule has 0 radical (unpaired) electrons. The van der Waals surface area contributed by atoms with E-state index in [2.05, 4.69) is 10.3 Å². The molecule has 0 aliphatic carbocycles. The molecule has 2 rings (SSSR count). The van der Waals surface area contributed by atoms with Crippen molar-refractivity contribution in [3.8, 4) is 5.88 Å². The van der Waals surface area contributed by atoms with Crippen LogP contribution in [0.5, 0.6) is 5.88 Å². The van der Waals surface area contributed by atoms with E-state index in [0.29, 0.717) is 18.6 Å². The maximum Gasteiger partial charge on any atom is 0.329 e. The van der Waals surface area contributed by atoms with Crippen LogP contribution in [0, 0.1) is 0 Å². The van der Waals surface area contributed by atoms with Gasteiger partial charge in [-0.2, -0.15) is 0 Å². The van der Waals surface area contributed by atoms with E-state index < -0.39 is 24.7 Å². The van der Waals surface area contributed by atoms with E-state index in [4.69, 9.17) is 19.3 Å². The molecule has 0 saturated carbocycles. The fourth-order valence-electron chi connectivity index (χ4n) is 2.20. The molecular weight excluding hydrogens is 292 g/mol. The maximum atomic E-state index is 12.3. The summed E-state index contributed by atoms with van der Waals surface area (Å²) < 4.78 is 15.7. The molecule has 8 heteroatoms. The second-order valence-electron chi connectivity index (χ2n) is 4.75. The van der Waals surface area contributed by atoms with E-state index in [9.17, 15) is 9.59 Å². The van der Waals surface area contributed by atoms with E-state index in [0.717, 1.165) is 0 Å². The number of carboxylic acid groups (broad SMARTS) is 1. The number of nitrogens with zero attached hydrogens (tertiary/aromatic N) is 1. The summed E-state index contributed by atoms with van der Waals surface area (Å²) in [5.41, 5.74) is 0.299. The predicted molar refractivity (Wildman–Crippen MR) is 74.9 cm³/mol. The summed E-state index contributed by atoms with van der Waals surface area (Å²) in [6, 6.07) is 2.80. The Balaban J connectivity index is 2.03. The lowest BCUT2D eigenvalue weighted by atomic mass is 10.1. The largest absolute Gasteiger partial charge is 0.480 e. The number of carbonyl (C=O) groups excluding carboxylic acids is 1. The van der Waals surface area contributed by atoms with Crippen LogP contribution in [0.2, 0.25) is 0 Å². The average molecular weight is 310 g/mol. The number of ether oxygens (including phenoxy) is 3. The molecule has 1 amide bonds. The zero-order valence-corrected chi connectivity index (χ0v) is 12.2. The van der Waals surface area contributed by atoms with Gasteiger partial charge in [0.25, 0.3) is 5.91 Å². The third-order valence-electron chi connectivity index (χ3n) is 3.24. The molecule has 1 saturated heterocycles. The van der Waals surface area contributed by atoms with Crippen molar-refractivity contribution in [2.45, 2.75) is 18.6 Å². The first-order chi connectivity index (χ1) is 10.6. The Labute approximate surface area is 127 Å².